The lowest BCUT2D eigenvalue weighted by Gasteiger charge is -2.59. The average Bonchev–Trinajstić information content (AvgIpc) is 2.89. The lowest BCUT2D eigenvalue weighted by atomic mass is 9.46. The summed E-state index contributed by atoms with van der Waals surface area (Å²) in [5.41, 5.74) is 10.6. The monoisotopic (exact) mass is 345 g/mol. The third-order valence-corrected chi connectivity index (χ3v) is 8.34. The SMILES string of the molecule is C[C@]12CC=CCC1CC[C@@H]1[C@@H]2CC[C@]2(C)C(=NNC(N)=S)CC[C@@H]12. The van der Waals surface area contributed by atoms with Crippen LogP contribution < -0.4 is 11.2 Å². The number of fused-ring (bicyclic) bond motifs is 5. The molecule has 0 bridgehead atoms. The largest absolute Gasteiger partial charge is 0.375 e. The van der Waals surface area contributed by atoms with Gasteiger partial charge in [0.1, 0.15) is 0 Å². The average molecular weight is 346 g/mol. The van der Waals surface area contributed by atoms with Gasteiger partial charge in [-0.05, 0) is 92.7 Å². The van der Waals surface area contributed by atoms with Crippen LogP contribution in [0.5, 0.6) is 0 Å². The van der Waals surface area contributed by atoms with E-state index in [0.29, 0.717) is 5.41 Å². The van der Waals surface area contributed by atoms with Gasteiger partial charge in [0.2, 0.25) is 0 Å². The number of nitrogens with one attached hydrogen (secondary N) is 1. The number of hydrogen-bond donors (Lipinski definition) is 2. The van der Waals surface area contributed by atoms with E-state index < -0.39 is 0 Å². The number of nitrogens with zero attached hydrogens (tertiary/aromatic N) is 1. The second-order valence-corrected chi connectivity index (χ2v) is 9.54. The summed E-state index contributed by atoms with van der Waals surface area (Å²) in [6.07, 6.45) is 15.4. The lowest BCUT2D eigenvalue weighted by Crippen LogP contribution is -2.52. The molecule has 0 aromatic carbocycles. The predicted molar refractivity (Wildman–Crippen MR) is 104 cm³/mol. The molecular weight excluding hydrogens is 314 g/mol. The van der Waals surface area contributed by atoms with Gasteiger partial charge in [0.05, 0.1) is 0 Å². The minimum atomic E-state index is 0.257. The summed E-state index contributed by atoms with van der Waals surface area (Å²) in [7, 11) is 0. The number of hydrazone groups is 1. The zero-order valence-corrected chi connectivity index (χ0v) is 15.9. The smallest absolute Gasteiger partial charge is 0.184 e. The van der Waals surface area contributed by atoms with E-state index in [2.05, 4.69) is 36.5 Å². The maximum Gasteiger partial charge on any atom is 0.184 e. The topological polar surface area (TPSA) is 50.4 Å². The molecular formula is C20H31N3S. The first-order valence-corrected chi connectivity index (χ1v) is 10.1. The molecule has 3 N–H and O–H groups in total. The zero-order chi connectivity index (χ0) is 16.9. The Hall–Kier alpha value is -0.900. The first-order valence-electron chi connectivity index (χ1n) is 9.72. The van der Waals surface area contributed by atoms with Crippen molar-refractivity contribution in [2.75, 3.05) is 0 Å². The Kier molecular flexibility index (Phi) is 4.02. The third-order valence-electron chi connectivity index (χ3n) is 8.25. The molecule has 24 heavy (non-hydrogen) atoms. The number of allylic oxidation sites excluding steroid dienone is 2. The van der Waals surface area contributed by atoms with Crippen LogP contribution in [0.25, 0.3) is 0 Å². The van der Waals surface area contributed by atoms with Crippen molar-refractivity contribution in [2.24, 2.45) is 45.3 Å². The van der Waals surface area contributed by atoms with Gasteiger partial charge in [0, 0.05) is 11.1 Å². The van der Waals surface area contributed by atoms with Crippen LogP contribution in [0.3, 0.4) is 0 Å². The molecule has 0 spiro atoms. The van der Waals surface area contributed by atoms with Gasteiger partial charge in [0.15, 0.2) is 5.11 Å². The van der Waals surface area contributed by atoms with Gasteiger partial charge in [0.25, 0.3) is 0 Å². The van der Waals surface area contributed by atoms with Crippen LogP contribution in [0.2, 0.25) is 0 Å². The maximum absolute atomic E-state index is 5.59. The summed E-state index contributed by atoms with van der Waals surface area (Å²) in [5, 5.41) is 4.89. The summed E-state index contributed by atoms with van der Waals surface area (Å²) in [5.74, 6) is 3.50. The van der Waals surface area contributed by atoms with Gasteiger partial charge in [-0.1, -0.05) is 26.0 Å². The van der Waals surface area contributed by atoms with Crippen molar-refractivity contribution in [2.45, 2.75) is 65.2 Å². The number of rotatable bonds is 1. The van der Waals surface area contributed by atoms with E-state index in [0.717, 1.165) is 30.1 Å². The zero-order valence-electron chi connectivity index (χ0n) is 15.1. The summed E-state index contributed by atoms with van der Waals surface area (Å²) < 4.78 is 0. The summed E-state index contributed by atoms with van der Waals surface area (Å²) >= 11 is 4.94. The van der Waals surface area contributed by atoms with Crippen LogP contribution in [-0.2, 0) is 0 Å². The molecule has 0 aromatic rings. The van der Waals surface area contributed by atoms with Crippen molar-refractivity contribution < 1.29 is 0 Å². The third kappa shape index (κ3) is 2.36. The predicted octanol–water partition coefficient (Wildman–Crippen LogP) is 4.38. The van der Waals surface area contributed by atoms with E-state index in [1.54, 1.807) is 0 Å². The van der Waals surface area contributed by atoms with E-state index in [1.165, 1.54) is 50.7 Å². The highest BCUT2D eigenvalue weighted by Gasteiger charge is 2.58. The van der Waals surface area contributed by atoms with E-state index in [4.69, 9.17) is 18.0 Å². The highest BCUT2D eigenvalue weighted by Crippen LogP contribution is 2.64. The molecule has 0 amide bonds. The van der Waals surface area contributed by atoms with E-state index in [1.807, 2.05) is 0 Å². The Bertz CT molecular complexity index is 598. The molecule has 0 aromatic heterocycles. The van der Waals surface area contributed by atoms with Crippen molar-refractivity contribution in [1.29, 1.82) is 0 Å². The van der Waals surface area contributed by atoms with Crippen molar-refractivity contribution in [3.05, 3.63) is 12.2 Å². The second kappa shape index (κ2) is 5.82. The maximum atomic E-state index is 5.59. The van der Waals surface area contributed by atoms with E-state index in [9.17, 15) is 0 Å². The van der Waals surface area contributed by atoms with Crippen LogP contribution in [0.4, 0.5) is 0 Å². The fourth-order valence-electron chi connectivity index (χ4n) is 6.93. The Labute approximate surface area is 151 Å². The van der Waals surface area contributed by atoms with E-state index >= 15 is 0 Å². The quantitative estimate of drug-likeness (QED) is 0.421. The van der Waals surface area contributed by atoms with Gasteiger partial charge in [-0.3, -0.25) is 5.43 Å². The first-order chi connectivity index (χ1) is 11.4. The molecule has 4 heteroatoms. The fraction of sp³-hybridized carbons (Fsp3) is 0.800. The summed E-state index contributed by atoms with van der Waals surface area (Å²) in [6.45, 7) is 5.05. The van der Waals surface area contributed by atoms with Crippen LogP contribution in [0.1, 0.15) is 65.2 Å². The van der Waals surface area contributed by atoms with Gasteiger partial charge in [-0.15, -0.1) is 0 Å². The van der Waals surface area contributed by atoms with Crippen molar-refractivity contribution in [1.82, 2.24) is 5.43 Å². The molecule has 0 aliphatic heterocycles. The molecule has 0 radical (unpaired) electrons. The van der Waals surface area contributed by atoms with Crippen molar-refractivity contribution in [3.8, 4) is 0 Å². The lowest BCUT2D eigenvalue weighted by molar-refractivity contribution is -0.0761. The van der Waals surface area contributed by atoms with Crippen molar-refractivity contribution in [3.63, 3.8) is 0 Å². The number of thiocarbonyl (C=S) groups is 1. The van der Waals surface area contributed by atoms with Crippen LogP contribution in [0.15, 0.2) is 17.3 Å². The fourth-order valence-corrected chi connectivity index (χ4v) is 6.98. The molecule has 0 heterocycles. The molecule has 0 saturated heterocycles. The molecule has 4 rings (SSSR count). The summed E-state index contributed by atoms with van der Waals surface area (Å²) in [4.78, 5) is 0. The van der Waals surface area contributed by atoms with Crippen molar-refractivity contribution >= 4 is 23.0 Å². The normalized spacial score (nSPS) is 48.5. The Balaban J connectivity index is 1.60. The Morgan fingerprint density at radius 3 is 2.83 bits per heavy atom. The molecule has 4 aliphatic rings. The second-order valence-electron chi connectivity index (χ2n) is 9.10. The Morgan fingerprint density at radius 1 is 1.21 bits per heavy atom. The minimum absolute atomic E-state index is 0.257. The van der Waals surface area contributed by atoms with Crippen LogP contribution >= 0.6 is 12.2 Å². The molecule has 3 nitrogen and oxygen atoms in total. The van der Waals surface area contributed by atoms with Crippen LogP contribution in [0, 0.1) is 34.5 Å². The highest BCUT2D eigenvalue weighted by molar-refractivity contribution is 7.80. The number of hydrogen-bond acceptors (Lipinski definition) is 2. The molecule has 132 valence electrons. The van der Waals surface area contributed by atoms with Crippen LogP contribution in [-0.4, -0.2) is 10.8 Å². The van der Waals surface area contributed by atoms with Gasteiger partial charge in [-0.2, -0.15) is 5.10 Å². The molecule has 6 atom stereocenters. The van der Waals surface area contributed by atoms with Gasteiger partial charge in [-0.25, -0.2) is 0 Å². The minimum Gasteiger partial charge on any atom is -0.375 e. The molecule has 3 fully saturated rings. The summed E-state index contributed by atoms with van der Waals surface area (Å²) in [6, 6.07) is 0. The van der Waals surface area contributed by atoms with Gasteiger partial charge < -0.3 is 5.73 Å². The molecule has 1 unspecified atom stereocenters. The Morgan fingerprint density at radius 2 is 2.04 bits per heavy atom. The molecule has 4 aliphatic carbocycles. The van der Waals surface area contributed by atoms with Gasteiger partial charge >= 0.3 is 0 Å². The first kappa shape index (κ1) is 16.6. The standard InChI is InChI=1S/C20H31N3S/c1-19-11-4-3-5-13(19)6-7-14-15-8-9-17(22-23-18(21)24)20(15,2)12-10-16(14)19/h3-4,13-16H,5-12H2,1-2H3,(H3,21,23,24)/t13?,14-,15-,16-,19-,20-/m0/s1. The molecule has 3 saturated carbocycles. The highest BCUT2D eigenvalue weighted by atomic mass is 32.1. The number of nitrogens with two attached hydrogens (primary N) is 1. The van der Waals surface area contributed by atoms with E-state index in [-0.39, 0.29) is 10.5 Å².